The van der Waals surface area contributed by atoms with Crippen LogP contribution in [0.25, 0.3) is 0 Å². The lowest BCUT2D eigenvalue weighted by molar-refractivity contribution is 0.0904. The smallest absolute Gasteiger partial charge is 0.254 e. The third-order valence-corrected chi connectivity index (χ3v) is 4.35. The second-order valence-electron chi connectivity index (χ2n) is 7.13. The maximum absolute atomic E-state index is 12.2. The van der Waals surface area contributed by atoms with Crippen LogP contribution in [0.2, 0.25) is 0 Å². The number of rotatable bonds is 6. The average molecular weight is 346 g/mol. The van der Waals surface area contributed by atoms with Crippen LogP contribution in [0.1, 0.15) is 48.8 Å². The van der Waals surface area contributed by atoms with Crippen molar-refractivity contribution in [2.45, 2.75) is 45.7 Å². The number of hydrogen-bond acceptors (Lipinski definition) is 6. The molecule has 136 valence electrons. The van der Waals surface area contributed by atoms with Crippen LogP contribution in [0.3, 0.4) is 0 Å². The third kappa shape index (κ3) is 4.88. The van der Waals surface area contributed by atoms with E-state index in [9.17, 15) is 4.79 Å². The molecule has 2 aromatic heterocycles. The third-order valence-electron chi connectivity index (χ3n) is 4.35. The Labute approximate surface area is 147 Å². The summed E-state index contributed by atoms with van der Waals surface area (Å²) in [5.74, 6) is 1.92. The summed E-state index contributed by atoms with van der Waals surface area (Å²) in [6.45, 7) is 6.76. The number of hydrogen-bond donors (Lipinski definition) is 1. The van der Waals surface area contributed by atoms with E-state index in [4.69, 9.17) is 4.52 Å². The van der Waals surface area contributed by atoms with E-state index in [0.717, 1.165) is 38.2 Å². The van der Waals surface area contributed by atoms with Gasteiger partial charge in [-0.1, -0.05) is 19.0 Å². The summed E-state index contributed by atoms with van der Waals surface area (Å²) >= 11 is 0. The van der Waals surface area contributed by atoms with Crippen molar-refractivity contribution < 1.29 is 9.32 Å². The number of likely N-dealkylation sites (tertiary alicyclic amines) is 1. The van der Waals surface area contributed by atoms with Crippen LogP contribution in [0.5, 0.6) is 0 Å². The fourth-order valence-electron chi connectivity index (χ4n) is 3.04. The maximum atomic E-state index is 12.2. The maximum Gasteiger partial charge on any atom is 0.254 e. The Hall–Kier alpha value is -2.22. The number of nitrogens with zero attached hydrogens (tertiary/aromatic N) is 5. The number of aromatic nitrogens is 4. The first kappa shape index (κ1) is 17.6. The molecule has 0 aliphatic carbocycles. The molecule has 0 saturated carbocycles. The second kappa shape index (κ2) is 7.77. The summed E-state index contributed by atoms with van der Waals surface area (Å²) in [7, 11) is 1.80. The molecule has 8 heteroatoms. The molecule has 1 aliphatic rings. The summed E-state index contributed by atoms with van der Waals surface area (Å²) in [5, 5.41) is 11.2. The lowest BCUT2D eigenvalue weighted by Gasteiger charge is -2.31. The van der Waals surface area contributed by atoms with E-state index in [1.807, 2.05) is 0 Å². The van der Waals surface area contributed by atoms with Gasteiger partial charge in [-0.3, -0.25) is 14.4 Å². The van der Waals surface area contributed by atoms with Crippen molar-refractivity contribution in [3.8, 4) is 0 Å². The van der Waals surface area contributed by atoms with Gasteiger partial charge >= 0.3 is 0 Å². The number of carbonyl (C=O) groups is 1. The van der Waals surface area contributed by atoms with Gasteiger partial charge in [-0.05, 0) is 18.8 Å². The van der Waals surface area contributed by atoms with Crippen LogP contribution < -0.4 is 5.32 Å². The Balaban J connectivity index is 1.44. The van der Waals surface area contributed by atoms with Gasteiger partial charge in [-0.25, -0.2) is 0 Å². The van der Waals surface area contributed by atoms with Crippen molar-refractivity contribution in [2.24, 2.45) is 13.0 Å². The molecular formula is C17H26N6O2. The number of nitrogens with one attached hydrogen (secondary N) is 1. The van der Waals surface area contributed by atoms with Gasteiger partial charge in [0.15, 0.2) is 5.82 Å². The zero-order valence-corrected chi connectivity index (χ0v) is 15.1. The highest BCUT2D eigenvalue weighted by atomic mass is 16.5. The van der Waals surface area contributed by atoms with E-state index in [1.165, 1.54) is 0 Å². The quantitative estimate of drug-likeness (QED) is 0.850. The molecule has 1 fully saturated rings. The van der Waals surface area contributed by atoms with Gasteiger partial charge in [-0.15, -0.1) is 0 Å². The summed E-state index contributed by atoms with van der Waals surface area (Å²) in [5.41, 5.74) is 0.605. The largest absolute Gasteiger partial charge is 0.349 e. The van der Waals surface area contributed by atoms with Gasteiger partial charge < -0.3 is 9.84 Å². The number of carbonyl (C=O) groups excluding carboxylic acids is 1. The van der Waals surface area contributed by atoms with Gasteiger partial charge in [0.25, 0.3) is 5.91 Å². The highest BCUT2D eigenvalue weighted by Gasteiger charge is 2.23. The number of aryl methyl sites for hydroxylation is 1. The Kier molecular flexibility index (Phi) is 5.47. The molecule has 2 aromatic rings. The molecule has 1 amide bonds. The molecule has 0 spiro atoms. The summed E-state index contributed by atoms with van der Waals surface area (Å²) in [6.07, 6.45) is 5.99. The molecule has 0 bridgehead atoms. The number of amides is 1. The predicted molar refractivity (Wildman–Crippen MR) is 91.8 cm³/mol. The molecule has 3 rings (SSSR count). The van der Waals surface area contributed by atoms with Crippen LogP contribution in [0.4, 0.5) is 0 Å². The molecule has 1 N–H and O–H groups in total. The van der Waals surface area contributed by atoms with Crippen LogP contribution in [0, 0.1) is 5.92 Å². The zero-order chi connectivity index (χ0) is 17.8. The van der Waals surface area contributed by atoms with Crippen LogP contribution in [-0.4, -0.2) is 49.9 Å². The average Bonchev–Trinajstić information content (AvgIpc) is 3.18. The molecule has 1 saturated heterocycles. The van der Waals surface area contributed by atoms with E-state index in [0.29, 0.717) is 23.9 Å². The summed E-state index contributed by atoms with van der Waals surface area (Å²) < 4.78 is 6.97. The number of piperidine rings is 1. The molecule has 8 nitrogen and oxygen atoms in total. The van der Waals surface area contributed by atoms with Gasteiger partial charge in [0, 0.05) is 38.8 Å². The van der Waals surface area contributed by atoms with Crippen molar-refractivity contribution in [1.82, 2.24) is 30.1 Å². The molecule has 0 aromatic carbocycles. The van der Waals surface area contributed by atoms with Crippen molar-refractivity contribution in [1.29, 1.82) is 0 Å². The first-order valence-corrected chi connectivity index (χ1v) is 8.83. The molecule has 0 atom stereocenters. The first-order chi connectivity index (χ1) is 12.0. The van der Waals surface area contributed by atoms with E-state index < -0.39 is 0 Å². The Bertz CT molecular complexity index is 700. The van der Waals surface area contributed by atoms with Gasteiger partial charge in [0.05, 0.1) is 18.3 Å². The van der Waals surface area contributed by atoms with Crippen LogP contribution in [0.15, 0.2) is 16.9 Å². The van der Waals surface area contributed by atoms with Crippen molar-refractivity contribution in [3.63, 3.8) is 0 Å². The second-order valence-corrected chi connectivity index (χ2v) is 7.13. The topological polar surface area (TPSA) is 89.1 Å². The van der Waals surface area contributed by atoms with Crippen molar-refractivity contribution in [3.05, 3.63) is 29.7 Å². The SMILES string of the molecule is CC(C)Cc1noc(CN2CCC(NC(=O)c3cnn(C)c3)CC2)n1. The normalized spacial score (nSPS) is 16.5. The minimum Gasteiger partial charge on any atom is -0.349 e. The highest BCUT2D eigenvalue weighted by molar-refractivity contribution is 5.93. The molecule has 3 heterocycles. The van der Waals surface area contributed by atoms with Gasteiger partial charge in [-0.2, -0.15) is 10.1 Å². The van der Waals surface area contributed by atoms with Crippen LogP contribution >= 0.6 is 0 Å². The molecular weight excluding hydrogens is 320 g/mol. The minimum atomic E-state index is -0.0539. The first-order valence-electron chi connectivity index (χ1n) is 8.83. The van der Waals surface area contributed by atoms with Gasteiger partial charge in [0.2, 0.25) is 5.89 Å². The Morgan fingerprint density at radius 1 is 1.40 bits per heavy atom. The molecule has 25 heavy (non-hydrogen) atoms. The summed E-state index contributed by atoms with van der Waals surface area (Å²) in [6, 6.07) is 0.197. The fraction of sp³-hybridized carbons (Fsp3) is 0.647. The Morgan fingerprint density at radius 2 is 2.16 bits per heavy atom. The highest BCUT2D eigenvalue weighted by Crippen LogP contribution is 2.14. The zero-order valence-electron chi connectivity index (χ0n) is 15.1. The monoisotopic (exact) mass is 346 g/mol. The lowest BCUT2D eigenvalue weighted by atomic mass is 10.0. The van der Waals surface area contributed by atoms with E-state index in [-0.39, 0.29) is 11.9 Å². The van der Waals surface area contributed by atoms with Gasteiger partial charge in [0.1, 0.15) is 0 Å². The fourth-order valence-corrected chi connectivity index (χ4v) is 3.04. The van der Waals surface area contributed by atoms with Crippen molar-refractivity contribution >= 4 is 5.91 Å². The van der Waals surface area contributed by atoms with Crippen molar-refractivity contribution in [2.75, 3.05) is 13.1 Å². The standard InChI is InChI=1S/C17H26N6O2/c1-12(2)8-15-20-16(25-21-15)11-23-6-4-14(5-7-23)19-17(24)13-9-18-22(3)10-13/h9-10,12,14H,4-8,11H2,1-3H3,(H,19,24). The van der Waals surface area contributed by atoms with E-state index >= 15 is 0 Å². The van der Waals surface area contributed by atoms with E-state index in [2.05, 4.69) is 39.3 Å². The molecule has 0 unspecified atom stereocenters. The molecule has 1 aliphatic heterocycles. The Morgan fingerprint density at radius 3 is 2.80 bits per heavy atom. The summed E-state index contributed by atoms with van der Waals surface area (Å²) in [4.78, 5) is 18.9. The predicted octanol–water partition coefficient (Wildman–Crippen LogP) is 1.40. The minimum absolute atomic E-state index is 0.0539. The van der Waals surface area contributed by atoms with Crippen LogP contribution in [-0.2, 0) is 20.0 Å². The van der Waals surface area contributed by atoms with E-state index in [1.54, 1.807) is 24.1 Å². The molecule has 0 radical (unpaired) electrons. The lowest BCUT2D eigenvalue weighted by Crippen LogP contribution is -2.44.